The minimum Gasteiger partial charge on any atom is -0.463 e. The van der Waals surface area contributed by atoms with Gasteiger partial charge < -0.3 is 25.0 Å². The lowest BCUT2D eigenvalue weighted by Crippen LogP contribution is -2.47. The molecule has 1 saturated heterocycles. The summed E-state index contributed by atoms with van der Waals surface area (Å²) < 4.78 is 10.6. The van der Waals surface area contributed by atoms with Crippen LogP contribution in [0.4, 0.5) is 10.5 Å². The van der Waals surface area contributed by atoms with E-state index in [2.05, 4.69) is 10.6 Å². The molecule has 2 N–H and O–H groups in total. The van der Waals surface area contributed by atoms with Crippen LogP contribution < -0.4 is 15.5 Å². The molecular weight excluding hydrogens is 438 g/mol. The van der Waals surface area contributed by atoms with Crippen LogP contribution in [0.15, 0.2) is 65.9 Å². The molecule has 34 heavy (non-hydrogen) atoms. The number of rotatable bonds is 7. The van der Waals surface area contributed by atoms with Gasteiger partial charge >= 0.3 is 18.0 Å². The lowest BCUT2D eigenvalue weighted by molar-refractivity contribution is -0.139. The lowest BCUT2D eigenvalue weighted by Gasteiger charge is -2.29. The van der Waals surface area contributed by atoms with Crippen molar-refractivity contribution in [3.8, 4) is 0 Å². The van der Waals surface area contributed by atoms with Crippen LogP contribution in [-0.4, -0.2) is 43.6 Å². The van der Waals surface area contributed by atoms with Crippen LogP contribution in [-0.2, 0) is 19.1 Å². The SMILES string of the molecule is CCOC(=O)C1=C(COC(=O)c2ccc(N3CCCC3=O)cc2)NC(=O)NC1c1ccccc1. The normalized spacial score (nSPS) is 17.8. The molecule has 0 radical (unpaired) electrons. The van der Waals surface area contributed by atoms with E-state index in [1.165, 1.54) is 0 Å². The van der Waals surface area contributed by atoms with Crippen molar-refractivity contribution in [2.75, 3.05) is 24.7 Å². The highest BCUT2D eigenvalue weighted by Crippen LogP contribution is 2.28. The predicted octanol–water partition coefficient (Wildman–Crippen LogP) is 2.84. The van der Waals surface area contributed by atoms with E-state index in [9.17, 15) is 19.2 Å². The summed E-state index contributed by atoms with van der Waals surface area (Å²) in [6.45, 7) is 2.17. The molecule has 9 nitrogen and oxygen atoms in total. The minimum atomic E-state index is -0.750. The van der Waals surface area contributed by atoms with Gasteiger partial charge in [0.15, 0.2) is 0 Å². The van der Waals surface area contributed by atoms with Crippen molar-refractivity contribution in [2.24, 2.45) is 0 Å². The minimum absolute atomic E-state index is 0.0587. The molecule has 0 saturated carbocycles. The average molecular weight is 463 g/mol. The van der Waals surface area contributed by atoms with Crippen molar-refractivity contribution in [1.29, 1.82) is 0 Å². The van der Waals surface area contributed by atoms with E-state index in [0.717, 1.165) is 12.1 Å². The van der Waals surface area contributed by atoms with Gasteiger partial charge in [-0.3, -0.25) is 4.79 Å². The van der Waals surface area contributed by atoms with E-state index >= 15 is 0 Å². The molecule has 2 aliphatic heterocycles. The molecule has 2 heterocycles. The maximum Gasteiger partial charge on any atom is 0.338 e. The first-order valence-electron chi connectivity index (χ1n) is 11.1. The predicted molar refractivity (Wildman–Crippen MR) is 123 cm³/mol. The second-order valence-corrected chi connectivity index (χ2v) is 7.83. The van der Waals surface area contributed by atoms with Gasteiger partial charge in [-0.25, -0.2) is 14.4 Å². The molecule has 176 valence electrons. The molecule has 1 atom stereocenters. The number of nitrogens with zero attached hydrogens (tertiary/aromatic N) is 1. The Labute approximate surface area is 196 Å². The molecule has 2 aliphatic rings. The Balaban J connectivity index is 1.53. The van der Waals surface area contributed by atoms with Gasteiger partial charge in [-0.1, -0.05) is 30.3 Å². The third kappa shape index (κ3) is 4.93. The highest BCUT2D eigenvalue weighted by Gasteiger charge is 2.34. The first-order chi connectivity index (χ1) is 16.5. The summed E-state index contributed by atoms with van der Waals surface area (Å²) in [7, 11) is 0. The fourth-order valence-corrected chi connectivity index (χ4v) is 4.00. The summed E-state index contributed by atoms with van der Waals surface area (Å²) in [5, 5.41) is 5.30. The van der Waals surface area contributed by atoms with Gasteiger partial charge in [0.1, 0.15) is 6.61 Å². The molecule has 0 aliphatic carbocycles. The Morgan fingerprint density at radius 3 is 2.38 bits per heavy atom. The Morgan fingerprint density at radius 1 is 1.00 bits per heavy atom. The molecule has 2 aromatic rings. The molecule has 0 spiro atoms. The Kier molecular flexibility index (Phi) is 6.91. The standard InChI is InChI=1S/C25H25N3O6/c1-2-33-24(31)21-19(26-25(32)27-22(21)16-7-4-3-5-8-16)15-34-23(30)17-10-12-18(13-11-17)28-14-6-9-20(28)29/h3-5,7-8,10-13,22H,2,6,9,14-15H2,1H3,(H2,26,27,32). The summed E-state index contributed by atoms with van der Waals surface area (Å²) in [4.78, 5) is 51.3. The largest absolute Gasteiger partial charge is 0.463 e. The van der Waals surface area contributed by atoms with E-state index in [0.29, 0.717) is 18.5 Å². The van der Waals surface area contributed by atoms with Crippen LogP contribution in [0.25, 0.3) is 0 Å². The second kappa shape index (κ2) is 10.2. The van der Waals surface area contributed by atoms with E-state index in [4.69, 9.17) is 9.47 Å². The monoisotopic (exact) mass is 463 g/mol. The Hall–Kier alpha value is -4.14. The number of carbonyl (C=O) groups is 4. The van der Waals surface area contributed by atoms with Crippen LogP contribution in [0.3, 0.4) is 0 Å². The zero-order valence-electron chi connectivity index (χ0n) is 18.7. The molecule has 0 aromatic heterocycles. The maximum atomic E-state index is 12.8. The van der Waals surface area contributed by atoms with Gasteiger partial charge in [-0.2, -0.15) is 0 Å². The number of esters is 2. The topological polar surface area (TPSA) is 114 Å². The van der Waals surface area contributed by atoms with Gasteiger partial charge in [0.2, 0.25) is 5.91 Å². The molecule has 4 rings (SSSR count). The fourth-order valence-electron chi connectivity index (χ4n) is 4.00. The number of carbonyl (C=O) groups excluding carboxylic acids is 4. The van der Waals surface area contributed by atoms with Crippen LogP contribution >= 0.6 is 0 Å². The zero-order chi connectivity index (χ0) is 24.1. The molecule has 2 aromatic carbocycles. The molecular formula is C25H25N3O6. The average Bonchev–Trinajstić information content (AvgIpc) is 3.28. The number of anilines is 1. The van der Waals surface area contributed by atoms with Gasteiger partial charge in [0, 0.05) is 18.7 Å². The van der Waals surface area contributed by atoms with Crippen molar-refractivity contribution in [2.45, 2.75) is 25.8 Å². The van der Waals surface area contributed by atoms with Crippen molar-refractivity contribution < 1.29 is 28.7 Å². The van der Waals surface area contributed by atoms with E-state index < -0.39 is 24.0 Å². The quantitative estimate of drug-likeness (QED) is 0.611. The van der Waals surface area contributed by atoms with Crippen molar-refractivity contribution >= 4 is 29.6 Å². The maximum absolute atomic E-state index is 12.8. The van der Waals surface area contributed by atoms with E-state index in [-0.39, 0.29) is 36.0 Å². The summed E-state index contributed by atoms with van der Waals surface area (Å²) >= 11 is 0. The molecule has 0 bridgehead atoms. The van der Waals surface area contributed by atoms with Gasteiger partial charge in [0.25, 0.3) is 0 Å². The van der Waals surface area contributed by atoms with Crippen molar-refractivity contribution in [3.05, 3.63) is 77.0 Å². The highest BCUT2D eigenvalue weighted by atomic mass is 16.5. The Morgan fingerprint density at radius 2 is 1.74 bits per heavy atom. The lowest BCUT2D eigenvalue weighted by atomic mass is 9.95. The summed E-state index contributed by atoms with van der Waals surface area (Å²) in [6, 6.07) is 14.3. The number of hydrogen-bond acceptors (Lipinski definition) is 6. The number of ether oxygens (including phenoxy) is 2. The second-order valence-electron chi connectivity index (χ2n) is 7.83. The van der Waals surface area contributed by atoms with Gasteiger partial charge in [-0.05, 0) is 43.2 Å². The van der Waals surface area contributed by atoms with E-state index in [1.54, 1.807) is 60.4 Å². The Bertz CT molecular complexity index is 1130. The number of nitrogens with one attached hydrogen (secondary N) is 2. The highest BCUT2D eigenvalue weighted by molar-refractivity contribution is 5.97. The van der Waals surface area contributed by atoms with Crippen LogP contribution in [0.5, 0.6) is 0 Å². The smallest absolute Gasteiger partial charge is 0.338 e. The molecule has 3 amide bonds. The van der Waals surface area contributed by atoms with E-state index in [1.807, 2.05) is 6.07 Å². The summed E-state index contributed by atoms with van der Waals surface area (Å²) in [5.74, 6) is -1.18. The van der Waals surface area contributed by atoms with Crippen LogP contribution in [0.1, 0.15) is 41.7 Å². The van der Waals surface area contributed by atoms with Gasteiger partial charge in [0.05, 0.1) is 29.5 Å². The summed E-state index contributed by atoms with van der Waals surface area (Å²) in [6.07, 6.45) is 1.33. The number of amides is 3. The summed E-state index contributed by atoms with van der Waals surface area (Å²) in [5.41, 5.74) is 2.03. The molecule has 1 unspecified atom stereocenters. The number of benzene rings is 2. The molecule has 9 heteroatoms. The number of hydrogen-bond donors (Lipinski definition) is 2. The van der Waals surface area contributed by atoms with Crippen molar-refractivity contribution in [1.82, 2.24) is 10.6 Å². The third-order valence-electron chi connectivity index (χ3n) is 5.62. The zero-order valence-corrected chi connectivity index (χ0v) is 18.7. The first kappa shape index (κ1) is 23.0. The van der Waals surface area contributed by atoms with Crippen LogP contribution in [0, 0.1) is 0 Å². The van der Waals surface area contributed by atoms with Crippen LogP contribution in [0.2, 0.25) is 0 Å². The number of urea groups is 1. The fraction of sp³-hybridized carbons (Fsp3) is 0.280. The van der Waals surface area contributed by atoms with Crippen molar-refractivity contribution in [3.63, 3.8) is 0 Å². The van der Waals surface area contributed by atoms with Gasteiger partial charge in [-0.15, -0.1) is 0 Å². The first-order valence-corrected chi connectivity index (χ1v) is 11.1. The third-order valence-corrected chi connectivity index (χ3v) is 5.62. The molecule has 1 fully saturated rings.